The van der Waals surface area contributed by atoms with Gasteiger partial charge in [-0.05, 0) is 57.1 Å². The molecule has 0 unspecified atom stereocenters. The smallest absolute Gasteiger partial charge is 0.224 e. The molecule has 0 radical (unpaired) electrons. The number of hydrogen-bond acceptors (Lipinski definition) is 2. The fourth-order valence-electron chi connectivity index (χ4n) is 2.65. The third kappa shape index (κ3) is 15.4. The van der Waals surface area contributed by atoms with E-state index in [0.717, 1.165) is 38.5 Å². The van der Waals surface area contributed by atoms with Gasteiger partial charge in [-0.25, -0.2) is 0 Å². The lowest BCUT2D eigenvalue weighted by Crippen LogP contribution is -2.10. The lowest BCUT2D eigenvalue weighted by molar-refractivity contribution is -0.116. The average Bonchev–Trinajstić information content (AvgIpc) is 2.77. The molecule has 0 atom stereocenters. The van der Waals surface area contributed by atoms with E-state index >= 15 is 0 Å². The zero-order valence-corrected chi connectivity index (χ0v) is 18.7. The molecule has 0 aliphatic carbocycles. The maximum atomic E-state index is 11.9. The first-order valence-electron chi connectivity index (χ1n) is 11.2. The van der Waals surface area contributed by atoms with Gasteiger partial charge in [-0.2, -0.15) is 0 Å². The van der Waals surface area contributed by atoms with Gasteiger partial charge >= 0.3 is 0 Å². The van der Waals surface area contributed by atoms with Crippen LogP contribution in [0, 0.1) is 0 Å². The minimum Gasteiger partial charge on any atom is -0.506 e. The van der Waals surface area contributed by atoms with Gasteiger partial charge in [0.1, 0.15) is 5.75 Å². The lowest BCUT2D eigenvalue weighted by atomic mass is 10.2. The molecule has 0 aromatic heterocycles. The van der Waals surface area contributed by atoms with Crippen molar-refractivity contribution in [1.82, 2.24) is 0 Å². The predicted molar refractivity (Wildman–Crippen MR) is 134 cm³/mol. The van der Waals surface area contributed by atoms with Crippen molar-refractivity contribution in [1.29, 1.82) is 0 Å². The molecule has 0 aliphatic heterocycles. The van der Waals surface area contributed by atoms with E-state index in [1.807, 2.05) is 6.08 Å². The Hall–Kier alpha value is -3.07. The van der Waals surface area contributed by atoms with Gasteiger partial charge in [0, 0.05) is 6.42 Å². The highest BCUT2D eigenvalue weighted by molar-refractivity contribution is 5.92. The summed E-state index contributed by atoms with van der Waals surface area (Å²) in [4.78, 5) is 11.9. The molecule has 3 heteroatoms. The summed E-state index contributed by atoms with van der Waals surface area (Å²) in [7, 11) is 0. The molecule has 1 rings (SSSR count). The van der Waals surface area contributed by atoms with Crippen LogP contribution in [0.5, 0.6) is 5.75 Å². The van der Waals surface area contributed by atoms with Crippen molar-refractivity contribution in [2.75, 3.05) is 5.32 Å². The standard InChI is InChI=1S/C28H37NO2/c1-2-3-4-5-6-7-8-9-10-11-12-13-14-15-16-17-18-19-20-25-28(31)29-26-23-21-22-24-27(26)30/h3-4,6-7,9-10,12-13,15-16,18-19,21-24,30H,2,5,8,11,14,17,20,25H2,1H3,(H,29,31)/b4-3-,7-6-,10-9-,13-12-,16-15-,19-18-. The Morgan fingerprint density at radius 2 is 1.19 bits per heavy atom. The summed E-state index contributed by atoms with van der Waals surface area (Å²) in [6.07, 6.45) is 32.9. The summed E-state index contributed by atoms with van der Waals surface area (Å²) in [6.45, 7) is 2.15. The van der Waals surface area contributed by atoms with Crippen LogP contribution in [0.4, 0.5) is 5.69 Å². The number of aromatic hydroxyl groups is 1. The van der Waals surface area contributed by atoms with Gasteiger partial charge in [0.15, 0.2) is 0 Å². The highest BCUT2D eigenvalue weighted by atomic mass is 16.3. The van der Waals surface area contributed by atoms with Crippen LogP contribution in [0.25, 0.3) is 0 Å². The number of phenols is 1. The molecular formula is C28H37NO2. The molecule has 2 N–H and O–H groups in total. The summed E-state index contributed by atoms with van der Waals surface area (Å²) in [5.74, 6) is -0.00851. The topological polar surface area (TPSA) is 49.3 Å². The number of hydrogen-bond donors (Lipinski definition) is 2. The average molecular weight is 420 g/mol. The van der Waals surface area contributed by atoms with E-state index in [9.17, 15) is 9.90 Å². The van der Waals surface area contributed by atoms with Crippen LogP contribution in [0.1, 0.15) is 58.3 Å². The minimum absolute atomic E-state index is 0.0878. The third-order valence-corrected chi connectivity index (χ3v) is 4.31. The Labute approximate surface area is 188 Å². The number of benzene rings is 1. The second kappa shape index (κ2) is 18.9. The third-order valence-electron chi connectivity index (χ3n) is 4.31. The summed E-state index contributed by atoms with van der Waals surface area (Å²) in [6, 6.07) is 6.74. The number of amides is 1. The molecule has 0 saturated heterocycles. The molecule has 0 bridgehead atoms. The first kappa shape index (κ1) is 26.0. The molecule has 0 heterocycles. The highest BCUT2D eigenvalue weighted by Gasteiger charge is 2.03. The first-order chi connectivity index (χ1) is 15.2. The van der Waals surface area contributed by atoms with Gasteiger partial charge in [0.2, 0.25) is 5.91 Å². The molecule has 166 valence electrons. The Morgan fingerprint density at radius 1 is 0.742 bits per heavy atom. The van der Waals surface area contributed by atoms with E-state index in [4.69, 9.17) is 0 Å². The second-order valence-corrected chi connectivity index (χ2v) is 7.02. The first-order valence-corrected chi connectivity index (χ1v) is 11.2. The van der Waals surface area contributed by atoms with Crippen LogP contribution in [-0.2, 0) is 4.79 Å². The molecule has 0 saturated carbocycles. The number of anilines is 1. The second-order valence-electron chi connectivity index (χ2n) is 7.02. The largest absolute Gasteiger partial charge is 0.506 e. The number of nitrogens with one attached hydrogen (secondary N) is 1. The van der Waals surface area contributed by atoms with Crippen molar-refractivity contribution in [3.05, 3.63) is 97.2 Å². The molecule has 1 amide bonds. The van der Waals surface area contributed by atoms with E-state index in [2.05, 4.69) is 79.1 Å². The molecule has 1 aromatic rings. The number of carbonyl (C=O) groups is 1. The summed E-state index contributed by atoms with van der Waals surface area (Å²) >= 11 is 0. The summed E-state index contributed by atoms with van der Waals surface area (Å²) < 4.78 is 0. The van der Waals surface area contributed by atoms with Crippen molar-refractivity contribution < 1.29 is 9.90 Å². The van der Waals surface area contributed by atoms with Gasteiger partial charge < -0.3 is 10.4 Å². The van der Waals surface area contributed by atoms with Crippen LogP contribution >= 0.6 is 0 Å². The zero-order valence-electron chi connectivity index (χ0n) is 18.7. The quantitative estimate of drug-likeness (QED) is 0.225. The van der Waals surface area contributed by atoms with E-state index in [-0.39, 0.29) is 11.7 Å². The Kier molecular flexibility index (Phi) is 15.9. The Bertz CT molecular complexity index is 782. The van der Waals surface area contributed by atoms with Gasteiger partial charge in [0.05, 0.1) is 5.69 Å². The normalized spacial score (nSPS) is 12.5. The molecule has 1 aromatic carbocycles. The van der Waals surface area contributed by atoms with Crippen molar-refractivity contribution in [3.63, 3.8) is 0 Å². The molecule has 31 heavy (non-hydrogen) atoms. The fraction of sp³-hybridized carbons (Fsp3) is 0.321. The van der Waals surface area contributed by atoms with Crippen LogP contribution in [0.15, 0.2) is 97.2 Å². The number of phenolic OH excluding ortho intramolecular Hbond substituents is 1. The summed E-state index contributed by atoms with van der Waals surface area (Å²) in [5.41, 5.74) is 0.454. The van der Waals surface area contributed by atoms with E-state index in [0.29, 0.717) is 18.5 Å². The van der Waals surface area contributed by atoms with Gasteiger partial charge in [0.25, 0.3) is 0 Å². The lowest BCUT2D eigenvalue weighted by Gasteiger charge is -2.05. The van der Waals surface area contributed by atoms with Crippen LogP contribution in [-0.4, -0.2) is 11.0 Å². The Morgan fingerprint density at radius 3 is 1.68 bits per heavy atom. The molecule has 0 fully saturated rings. The van der Waals surface area contributed by atoms with E-state index < -0.39 is 0 Å². The summed E-state index contributed by atoms with van der Waals surface area (Å²) in [5, 5.41) is 12.4. The van der Waals surface area contributed by atoms with Crippen molar-refractivity contribution in [2.24, 2.45) is 0 Å². The number of rotatable bonds is 15. The Balaban J connectivity index is 2.02. The van der Waals surface area contributed by atoms with Gasteiger partial charge in [-0.15, -0.1) is 0 Å². The molecule has 0 aliphatic rings. The minimum atomic E-state index is -0.0963. The zero-order chi connectivity index (χ0) is 22.4. The van der Waals surface area contributed by atoms with E-state index in [1.165, 1.54) is 0 Å². The van der Waals surface area contributed by atoms with Crippen LogP contribution < -0.4 is 5.32 Å². The van der Waals surface area contributed by atoms with Crippen molar-refractivity contribution in [2.45, 2.75) is 58.3 Å². The SMILES string of the molecule is CC/C=C\C/C=C\C/C=C\C/C=C\C/C=C\C/C=C\CCC(=O)Nc1ccccc1O. The van der Waals surface area contributed by atoms with Gasteiger partial charge in [-0.3, -0.25) is 4.79 Å². The maximum Gasteiger partial charge on any atom is 0.224 e. The van der Waals surface area contributed by atoms with Crippen molar-refractivity contribution >= 4 is 11.6 Å². The fourth-order valence-corrected chi connectivity index (χ4v) is 2.65. The molecule has 3 nitrogen and oxygen atoms in total. The monoisotopic (exact) mass is 419 g/mol. The molecule has 0 spiro atoms. The van der Waals surface area contributed by atoms with E-state index in [1.54, 1.807) is 24.3 Å². The number of para-hydroxylation sites is 2. The predicted octanol–water partition coefficient (Wildman–Crippen LogP) is 7.81. The van der Waals surface area contributed by atoms with Crippen LogP contribution in [0.3, 0.4) is 0 Å². The van der Waals surface area contributed by atoms with Gasteiger partial charge in [-0.1, -0.05) is 92.0 Å². The number of carbonyl (C=O) groups excluding carboxylic acids is 1. The van der Waals surface area contributed by atoms with Crippen LogP contribution in [0.2, 0.25) is 0 Å². The van der Waals surface area contributed by atoms with Crippen molar-refractivity contribution in [3.8, 4) is 5.75 Å². The highest BCUT2D eigenvalue weighted by Crippen LogP contribution is 2.21. The maximum absolute atomic E-state index is 11.9. The molecular weight excluding hydrogens is 382 g/mol. The number of allylic oxidation sites excluding steroid dienone is 12.